The first-order chi connectivity index (χ1) is 9.56. The number of nitrogens with one attached hydrogen (secondary N) is 1. The maximum absolute atomic E-state index is 12.2. The van der Waals surface area contributed by atoms with Crippen LogP contribution in [0.5, 0.6) is 5.75 Å². The third kappa shape index (κ3) is 3.17. The number of rotatable bonds is 6. The number of carbonyl (C=O) groups excluding carboxylic acids is 1. The first-order valence-electron chi connectivity index (χ1n) is 5.85. The second kappa shape index (κ2) is 6.06. The largest absolute Gasteiger partial charge is 0.492 e. The van der Waals surface area contributed by atoms with Crippen LogP contribution in [0.3, 0.4) is 0 Å². The molecule has 7 heteroatoms. The number of anilines is 1. The molecule has 1 heterocycles. The molecule has 0 aliphatic heterocycles. The minimum absolute atomic E-state index is 0.205. The van der Waals surface area contributed by atoms with Crippen LogP contribution in [0.25, 0.3) is 0 Å². The molecular formula is C13H13NO4S2. The molecule has 1 aromatic carbocycles. The van der Waals surface area contributed by atoms with Crippen molar-refractivity contribution in [3.8, 4) is 5.75 Å². The lowest BCUT2D eigenvalue weighted by molar-refractivity contribution is 0.112. The summed E-state index contributed by atoms with van der Waals surface area (Å²) in [6.45, 7) is 2.19. The van der Waals surface area contributed by atoms with Gasteiger partial charge in [0.1, 0.15) is 16.2 Å². The Morgan fingerprint density at radius 3 is 2.75 bits per heavy atom. The molecular weight excluding hydrogens is 298 g/mol. The minimum atomic E-state index is -3.66. The number of carbonyl (C=O) groups is 1. The van der Waals surface area contributed by atoms with Gasteiger partial charge in [-0.1, -0.05) is 6.07 Å². The summed E-state index contributed by atoms with van der Waals surface area (Å²) in [5, 5.41) is 1.68. The van der Waals surface area contributed by atoms with Crippen molar-refractivity contribution in [3.63, 3.8) is 0 Å². The quantitative estimate of drug-likeness (QED) is 0.833. The molecule has 0 saturated carbocycles. The van der Waals surface area contributed by atoms with E-state index in [2.05, 4.69) is 4.72 Å². The Morgan fingerprint density at radius 2 is 2.15 bits per heavy atom. The van der Waals surface area contributed by atoms with E-state index in [0.717, 1.165) is 11.3 Å². The molecule has 1 N–H and O–H groups in total. The van der Waals surface area contributed by atoms with Crippen molar-refractivity contribution in [1.29, 1.82) is 0 Å². The first-order valence-corrected chi connectivity index (χ1v) is 8.21. The topological polar surface area (TPSA) is 72.5 Å². The van der Waals surface area contributed by atoms with Crippen LogP contribution >= 0.6 is 11.3 Å². The zero-order valence-electron chi connectivity index (χ0n) is 10.7. The summed E-state index contributed by atoms with van der Waals surface area (Å²) in [5.74, 6) is 0.387. The van der Waals surface area contributed by atoms with Crippen LogP contribution < -0.4 is 9.46 Å². The molecule has 0 amide bonds. The Balaban J connectivity index is 2.39. The fourth-order valence-electron chi connectivity index (χ4n) is 1.59. The monoisotopic (exact) mass is 311 g/mol. The molecule has 2 aromatic rings. The summed E-state index contributed by atoms with van der Waals surface area (Å²) in [7, 11) is -3.66. The standard InChI is InChI=1S/C13H13NO4S2/c1-2-18-12-6-5-10(9-15)8-11(12)14-20(16,17)13-4-3-7-19-13/h3-9,14H,2H2,1H3. The Bertz CT molecular complexity index is 693. The van der Waals surface area contributed by atoms with E-state index in [1.165, 1.54) is 12.1 Å². The molecule has 0 aliphatic carbocycles. The Morgan fingerprint density at radius 1 is 1.35 bits per heavy atom. The molecule has 0 bridgehead atoms. The van der Waals surface area contributed by atoms with Crippen molar-refractivity contribution in [1.82, 2.24) is 0 Å². The van der Waals surface area contributed by atoms with E-state index in [9.17, 15) is 13.2 Å². The molecule has 0 saturated heterocycles. The molecule has 20 heavy (non-hydrogen) atoms. The molecule has 1 aromatic heterocycles. The maximum atomic E-state index is 12.2. The van der Waals surface area contributed by atoms with Crippen molar-refractivity contribution >= 4 is 33.3 Å². The van der Waals surface area contributed by atoms with E-state index in [0.29, 0.717) is 24.2 Å². The summed E-state index contributed by atoms with van der Waals surface area (Å²) in [4.78, 5) is 10.8. The van der Waals surface area contributed by atoms with Crippen LogP contribution in [0.15, 0.2) is 39.9 Å². The van der Waals surface area contributed by atoms with Gasteiger partial charge in [0, 0.05) is 5.56 Å². The van der Waals surface area contributed by atoms with Crippen molar-refractivity contribution in [2.24, 2.45) is 0 Å². The normalized spacial score (nSPS) is 11.1. The third-order valence-electron chi connectivity index (χ3n) is 2.44. The Kier molecular flexibility index (Phi) is 4.41. The molecule has 0 unspecified atom stereocenters. The number of hydrogen-bond donors (Lipinski definition) is 1. The van der Waals surface area contributed by atoms with Crippen LogP contribution in [-0.4, -0.2) is 21.3 Å². The van der Waals surface area contributed by atoms with E-state index in [1.54, 1.807) is 30.5 Å². The van der Waals surface area contributed by atoms with Gasteiger partial charge in [-0.2, -0.15) is 0 Å². The molecule has 0 spiro atoms. The number of hydrogen-bond acceptors (Lipinski definition) is 5. The smallest absolute Gasteiger partial charge is 0.271 e. The average Bonchev–Trinajstić information content (AvgIpc) is 2.95. The van der Waals surface area contributed by atoms with E-state index in [-0.39, 0.29) is 9.90 Å². The lowest BCUT2D eigenvalue weighted by Gasteiger charge is -2.12. The van der Waals surface area contributed by atoms with Crippen molar-refractivity contribution in [3.05, 3.63) is 41.3 Å². The number of aldehydes is 1. The van der Waals surface area contributed by atoms with Gasteiger partial charge in [-0.3, -0.25) is 9.52 Å². The molecule has 0 fully saturated rings. The average molecular weight is 311 g/mol. The molecule has 5 nitrogen and oxygen atoms in total. The highest BCUT2D eigenvalue weighted by atomic mass is 32.2. The fraction of sp³-hybridized carbons (Fsp3) is 0.154. The molecule has 0 atom stereocenters. The summed E-state index contributed by atoms with van der Waals surface area (Å²) < 4.78 is 32.4. The van der Waals surface area contributed by atoms with Crippen LogP contribution in [0, 0.1) is 0 Å². The maximum Gasteiger partial charge on any atom is 0.271 e. The van der Waals surface area contributed by atoms with E-state index in [1.807, 2.05) is 0 Å². The second-order valence-corrected chi connectivity index (χ2v) is 6.70. The molecule has 106 valence electrons. The third-order valence-corrected chi connectivity index (χ3v) is 5.21. The van der Waals surface area contributed by atoms with Crippen LogP contribution in [0.2, 0.25) is 0 Å². The van der Waals surface area contributed by atoms with Gasteiger partial charge in [-0.15, -0.1) is 11.3 Å². The first kappa shape index (κ1) is 14.5. The van der Waals surface area contributed by atoms with Gasteiger partial charge < -0.3 is 4.74 Å². The minimum Gasteiger partial charge on any atom is -0.492 e. The van der Waals surface area contributed by atoms with Gasteiger partial charge in [0.2, 0.25) is 0 Å². The van der Waals surface area contributed by atoms with Crippen LogP contribution in [0.4, 0.5) is 5.69 Å². The lowest BCUT2D eigenvalue weighted by Crippen LogP contribution is -2.13. The summed E-state index contributed by atoms with van der Waals surface area (Å²) in [6.07, 6.45) is 0.651. The fourth-order valence-corrected chi connectivity index (χ4v) is 3.65. The molecule has 2 rings (SSSR count). The van der Waals surface area contributed by atoms with Crippen molar-refractivity contribution in [2.75, 3.05) is 11.3 Å². The summed E-state index contributed by atoms with van der Waals surface area (Å²) >= 11 is 1.12. The van der Waals surface area contributed by atoms with Gasteiger partial charge in [0.05, 0.1) is 12.3 Å². The summed E-state index contributed by atoms with van der Waals surface area (Å²) in [5.41, 5.74) is 0.627. The summed E-state index contributed by atoms with van der Waals surface area (Å²) in [6, 6.07) is 7.76. The van der Waals surface area contributed by atoms with E-state index >= 15 is 0 Å². The second-order valence-electron chi connectivity index (χ2n) is 3.84. The highest BCUT2D eigenvalue weighted by molar-refractivity contribution is 7.94. The highest BCUT2D eigenvalue weighted by Crippen LogP contribution is 2.29. The number of ether oxygens (including phenoxy) is 1. The Hall–Kier alpha value is -1.86. The van der Waals surface area contributed by atoms with Gasteiger partial charge >= 0.3 is 0 Å². The van der Waals surface area contributed by atoms with Gasteiger partial charge in [-0.25, -0.2) is 8.42 Å². The van der Waals surface area contributed by atoms with Crippen molar-refractivity contribution in [2.45, 2.75) is 11.1 Å². The molecule has 0 radical (unpaired) electrons. The lowest BCUT2D eigenvalue weighted by atomic mass is 10.2. The SMILES string of the molecule is CCOc1ccc(C=O)cc1NS(=O)(=O)c1cccs1. The number of sulfonamides is 1. The highest BCUT2D eigenvalue weighted by Gasteiger charge is 2.17. The predicted molar refractivity (Wildman–Crippen MR) is 78.1 cm³/mol. The zero-order valence-corrected chi connectivity index (χ0v) is 12.3. The van der Waals surface area contributed by atoms with E-state index in [4.69, 9.17) is 4.74 Å². The zero-order chi connectivity index (χ0) is 14.6. The number of thiophene rings is 1. The van der Waals surface area contributed by atoms with Crippen molar-refractivity contribution < 1.29 is 17.9 Å². The van der Waals surface area contributed by atoms with Crippen LogP contribution in [0.1, 0.15) is 17.3 Å². The molecule has 0 aliphatic rings. The predicted octanol–water partition coefficient (Wildman–Crippen LogP) is 2.76. The van der Waals surface area contributed by atoms with Gasteiger partial charge in [-0.05, 0) is 36.6 Å². The van der Waals surface area contributed by atoms with Crippen LogP contribution in [-0.2, 0) is 10.0 Å². The number of benzene rings is 1. The Labute approximate surface area is 121 Å². The van der Waals surface area contributed by atoms with Gasteiger partial charge in [0.15, 0.2) is 0 Å². The van der Waals surface area contributed by atoms with Gasteiger partial charge in [0.25, 0.3) is 10.0 Å². The van der Waals surface area contributed by atoms with E-state index < -0.39 is 10.0 Å².